The fraction of sp³-hybridized carbons (Fsp3) is 0.464. The van der Waals surface area contributed by atoms with Crippen LogP contribution in [0.1, 0.15) is 57.7 Å². The van der Waals surface area contributed by atoms with Crippen LogP contribution >= 0.6 is 12.6 Å². The van der Waals surface area contributed by atoms with E-state index in [4.69, 9.17) is 9.47 Å². The van der Waals surface area contributed by atoms with Crippen molar-refractivity contribution in [2.45, 2.75) is 65.1 Å². The lowest BCUT2D eigenvalue weighted by molar-refractivity contribution is -0.140. The molecule has 0 fully saturated rings. The topological polar surface area (TPSA) is 117 Å². The minimum atomic E-state index is -1.04. The van der Waals surface area contributed by atoms with Gasteiger partial charge in [-0.05, 0) is 81.6 Å². The predicted octanol–water partition coefficient (Wildman–Crippen LogP) is 4.84. The molecule has 0 aliphatic carbocycles. The first-order valence-electron chi connectivity index (χ1n) is 12.6. The van der Waals surface area contributed by atoms with Gasteiger partial charge in [-0.25, -0.2) is 4.79 Å². The zero-order valence-corrected chi connectivity index (χ0v) is 23.8. The second kappa shape index (κ2) is 13.9. The third kappa shape index (κ3) is 8.86. The number of benzene rings is 2. The van der Waals surface area contributed by atoms with Crippen molar-refractivity contribution in [3.63, 3.8) is 0 Å². The van der Waals surface area contributed by atoms with Crippen LogP contribution in [0, 0.1) is 6.92 Å². The molecule has 3 amide bonds. The maximum atomic E-state index is 13.8. The Balaban J connectivity index is 2.48. The molecule has 2 rings (SSSR count). The molecule has 0 aliphatic heterocycles. The molecule has 38 heavy (non-hydrogen) atoms. The van der Waals surface area contributed by atoms with E-state index in [-0.39, 0.29) is 18.0 Å². The number of phenols is 1. The average molecular weight is 546 g/mol. The number of alkyl carbamates (subject to hydrolysis) is 1. The summed E-state index contributed by atoms with van der Waals surface area (Å²) in [6.07, 6.45) is 0.650. The third-order valence-electron chi connectivity index (χ3n) is 5.66. The van der Waals surface area contributed by atoms with E-state index in [2.05, 4.69) is 23.3 Å². The molecule has 9 nitrogen and oxygen atoms in total. The summed E-state index contributed by atoms with van der Waals surface area (Å²) >= 11 is 4.30. The van der Waals surface area contributed by atoms with E-state index >= 15 is 0 Å². The van der Waals surface area contributed by atoms with Crippen LogP contribution in [0.25, 0.3) is 0 Å². The zero-order chi connectivity index (χ0) is 28.5. The first kappa shape index (κ1) is 30.8. The number of hydrogen-bond donors (Lipinski definition) is 4. The van der Waals surface area contributed by atoms with Crippen LogP contribution in [0.4, 0.5) is 10.5 Å². The normalized spacial score (nSPS) is 12.7. The van der Waals surface area contributed by atoms with Crippen LogP contribution in [0.3, 0.4) is 0 Å². The van der Waals surface area contributed by atoms with Gasteiger partial charge in [-0.2, -0.15) is 12.6 Å². The molecule has 0 heterocycles. The van der Waals surface area contributed by atoms with Crippen molar-refractivity contribution in [1.82, 2.24) is 10.2 Å². The molecule has 2 atom stereocenters. The van der Waals surface area contributed by atoms with Crippen molar-refractivity contribution in [3.05, 3.63) is 53.6 Å². The Morgan fingerprint density at radius 3 is 2.29 bits per heavy atom. The molecule has 208 valence electrons. The van der Waals surface area contributed by atoms with Crippen LogP contribution in [0.5, 0.6) is 11.5 Å². The number of nitrogens with zero attached hydrogens (tertiary/aromatic N) is 1. The summed E-state index contributed by atoms with van der Waals surface area (Å²) in [6, 6.07) is 9.56. The fourth-order valence-electron chi connectivity index (χ4n) is 3.74. The fourth-order valence-corrected chi connectivity index (χ4v) is 3.98. The van der Waals surface area contributed by atoms with Crippen LogP contribution in [0.15, 0.2) is 42.5 Å². The van der Waals surface area contributed by atoms with Crippen molar-refractivity contribution >= 4 is 36.2 Å². The van der Waals surface area contributed by atoms with Crippen LogP contribution in [-0.4, -0.2) is 59.0 Å². The number of carbonyl (C=O) groups is 3. The predicted molar refractivity (Wildman–Crippen MR) is 151 cm³/mol. The van der Waals surface area contributed by atoms with Gasteiger partial charge in [0.05, 0.1) is 7.11 Å². The number of aromatic hydroxyl groups is 1. The second-order valence-corrected chi connectivity index (χ2v) is 10.3. The van der Waals surface area contributed by atoms with Gasteiger partial charge in [0.25, 0.3) is 5.91 Å². The summed E-state index contributed by atoms with van der Waals surface area (Å²) in [5.41, 5.74) is 0.855. The zero-order valence-electron chi connectivity index (χ0n) is 22.9. The van der Waals surface area contributed by atoms with Gasteiger partial charge in [0.15, 0.2) is 0 Å². The highest BCUT2D eigenvalue weighted by Gasteiger charge is 2.36. The lowest BCUT2D eigenvalue weighted by Crippen LogP contribution is -2.53. The van der Waals surface area contributed by atoms with Gasteiger partial charge < -0.3 is 30.1 Å². The largest absolute Gasteiger partial charge is 0.508 e. The standard InChI is InChI=1S/C28H39N3O6S/c1-7-8-15-31(26(34)22(17-38)30-27(35)37-28(3,4)5)24(19-9-14-23(32)18(2)16-19)25(33)29-20-10-12-21(36-6)13-11-20/h9-14,16,22,24,32,38H,7-8,15,17H2,1-6H3,(H,29,33)(H,30,35). The van der Waals surface area contributed by atoms with E-state index in [1.54, 1.807) is 71.2 Å². The van der Waals surface area contributed by atoms with Crippen LogP contribution in [-0.2, 0) is 14.3 Å². The van der Waals surface area contributed by atoms with Gasteiger partial charge >= 0.3 is 6.09 Å². The molecule has 0 radical (unpaired) electrons. The van der Waals surface area contributed by atoms with Crippen molar-refractivity contribution in [3.8, 4) is 11.5 Å². The number of carbonyl (C=O) groups excluding carboxylic acids is 3. The van der Waals surface area contributed by atoms with Crippen molar-refractivity contribution in [2.24, 2.45) is 0 Å². The Morgan fingerprint density at radius 2 is 1.76 bits per heavy atom. The number of ether oxygens (including phenoxy) is 2. The molecule has 0 bridgehead atoms. The number of thiol groups is 1. The molecular formula is C28H39N3O6S. The van der Waals surface area contributed by atoms with E-state index in [1.807, 2.05) is 6.92 Å². The number of phenolic OH excluding ortho intramolecular Hbond substituents is 1. The van der Waals surface area contributed by atoms with Gasteiger partial charge in [0.2, 0.25) is 5.91 Å². The summed E-state index contributed by atoms with van der Waals surface area (Å²) in [4.78, 5) is 41.5. The number of rotatable bonds is 11. The highest BCUT2D eigenvalue weighted by Crippen LogP contribution is 2.29. The SMILES string of the molecule is CCCCN(C(=O)C(CS)NC(=O)OC(C)(C)C)C(C(=O)Nc1ccc(OC)cc1)c1ccc(O)c(C)c1. The highest BCUT2D eigenvalue weighted by atomic mass is 32.1. The van der Waals surface area contributed by atoms with Gasteiger partial charge in [-0.15, -0.1) is 0 Å². The van der Waals surface area contributed by atoms with E-state index < -0.39 is 35.6 Å². The Labute approximate surface area is 230 Å². The molecule has 0 aromatic heterocycles. The minimum Gasteiger partial charge on any atom is -0.508 e. The molecule has 10 heteroatoms. The maximum Gasteiger partial charge on any atom is 0.408 e. The first-order valence-corrected chi connectivity index (χ1v) is 13.2. The van der Waals surface area contributed by atoms with Gasteiger partial charge in [0.1, 0.15) is 29.2 Å². The number of unbranched alkanes of at least 4 members (excludes halogenated alkanes) is 1. The molecule has 2 unspecified atom stereocenters. The summed E-state index contributed by atoms with van der Waals surface area (Å²) in [7, 11) is 1.55. The highest BCUT2D eigenvalue weighted by molar-refractivity contribution is 7.80. The number of anilines is 1. The number of hydrogen-bond acceptors (Lipinski definition) is 7. The smallest absolute Gasteiger partial charge is 0.408 e. The maximum absolute atomic E-state index is 13.8. The summed E-state index contributed by atoms with van der Waals surface area (Å²) in [5, 5.41) is 15.6. The average Bonchev–Trinajstić information content (AvgIpc) is 2.85. The quantitative estimate of drug-likeness (QED) is 0.300. The minimum absolute atomic E-state index is 0.00211. The molecule has 0 saturated heterocycles. The Morgan fingerprint density at radius 1 is 1.11 bits per heavy atom. The summed E-state index contributed by atoms with van der Waals surface area (Å²) < 4.78 is 10.5. The molecule has 0 saturated carbocycles. The lowest BCUT2D eigenvalue weighted by Gasteiger charge is -2.34. The van der Waals surface area contributed by atoms with E-state index in [1.165, 1.54) is 11.0 Å². The number of amides is 3. The molecule has 2 aromatic carbocycles. The summed E-state index contributed by atoms with van der Waals surface area (Å²) in [5.74, 6) is -0.199. The number of aryl methyl sites for hydroxylation is 1. The van der Waals surface area contributed by atoms with Crippen LogP contribution in [0.2, 0.25) is 0 Å². The van der Waals surface area contributed by atoms with E-state index in [9.17, 15) is 19.5 Å². The Bertz CT molecular complexity index is 1100. The molecule has 0 spiro atoms. The van der Waals surface area contributed by atoms with Crippen molar-refractivity contribution in [1.29, 1.82) is 0 Å². The van der Waals surface area contributed by atoms with Crippen molar-refractivity contribution in [2.75, 3.05) is 24.7 Å². The van der Waals surface area contributed by atoms with E-state index in [0.29, 0.717) is 29.0 Å². The van der Waals surface area contributed by atoms with Gasteiger partial charge in [-0.1, -0.05) is 19.4 Å². The first-order chi connectivity index (χ1) is 17.9. The monoisotopic (exact) mass is 545 g/mol. The van der Waals surface area contributed by atoms with Gasteiger partial charge in [0, 0.05) is 18.0 Å². The number of methoxy groups -OCH3 is 1. The molecule has 3 N–H and O–H groups in total. The Kier molecular flexibility index (Phi) is 11.3. The second-order valence-electron chi connectivity index (χ2n) is 9.93. The molecule has 2 aromatic rings. The lowest BCUT2D eigenvalue weighted by atomic mass is 10.00. The molecular weight excluding hydrogens is 506 g/mol. The summed E-state index contributed by atoms with van der Waals surface area (Å²) in [6.45, 7) is 9.14. The Hall–Kier alpha value is -3.40. The van der Waals surface area contributed by atoms with E-state index in [0.717, 1.165) is 6.42 Å². The van der Waals surface area contributed by atoms with Crippen LogP contribution < -0.4 is 15.4 Å². The third-order valence-corrected chi connectivity index (χ3v) is 6.03. The van der Waals surface area contributed by atoms with Crippen molar-refractivity contribution < 1.29 is 29.0 Å². The van der Waals surface area contributed by atoms with Gasteiger partial charge in [-0.3, -0.25) is 9.59 Å². The molecule has 0 aliphatic rings. The number of nitrogens with one attached hydrogen (secondary N) is 2.